The molecular formula is C12H8N8. The highest BCUT2D eigenvalue weighted by molar-refractivity contribution is 5.30. The van der Waals surface area contributed by atoms with Crippen LogP contribution in [0.4, 0.5) is 0 Å². The summed E-state index contributed by atoms with van der Waals surface area (Å²) in [4.78, 5) is 0. The van der Waals surface area contributed by atoms with Crippen LogP contribution in [0.15, 0.2) is 10.2 Å². The zero-order valence-electron chi connectivity index (χ0n) is 10.7. The summed E-state index contributed by atoms with van der Waals surface area (Å²) in [6.07, 6.45) is 0. The molecule has 0 radical (unpaired) electrons. The number of azo groups is 1. The molecular weight excluding hydrogens is 256 g/mol. The smallest absolute Gasteiger partial charge is 0.195 e. The molecule has 8 heteroatoms. The van der Waals surface area contributed by atoms with Gasteiger partial charge in [0.1, 0.15) is 48.5 Å². The average Bonchev–Trinajstić information content (AvgIpc) is 2.49. The second-order valence-electron chi connectivity index (χ2n) is 3.87. The highest BCUT2D eigenvalue weighted by Gasteiger charge is 2.40. The maximum absolute atomic E-state index is 8.86. The fraction of sp³-hybridized carbons (Fsp3) is 0.500. The van der Waals surface area contributed by atoms with Crippen molar-refractivity contribution in [1.29, 1.82) is 31.6 Å². The molecule has 0 N–H and O–H groups in total. The van der Waals surface area contributed by atoms with Crippen LogP contribution < -0.4 is 0 Å². The summed E-state index contributed by atoms with van der Waals surface area (Å²) in [6.45, 7) is 2.66. The van der Waals surface area contributed by atoms with Gasteiger partial charge >= 0.3 is 0 Å². The van der Waals surface area contributed by atoms with E-state index < -0.39 is 22.9 Å². The van der Waals surface area contributed by atoms with Gasteiger partial charge in [-0.15, -0.1) is 0 Å². The number of nitriles is 6. The van der Waals surface area contributed by atoms with E-state index >= 15 is 0 Å². The van der Waals surface area contributed by atoms with Crippen LogP contribution >= 0.6 is 0 Å². The first-order chi connectivity index (χ1) is 9.41. The minimum absolute atomic E-state index is 1.08. The maximum Gasteiger partial charge on any atom is 0.252 e. The van der Waals surface area contributed by atoms with E-state index in [2.05, 4.69) is 10.2 Å². The lowest BCUT2D eigenvalue weighted by molar-refractivity contribution is 0.465. The fourth-order valence-corrected chi connectivity index (χ4v) is 1.08. The SMILES string of the molecule is CC(N=NC(C)C(C#N)(C#N)C#N)C(C#N)(C#N)C#N. The third kappa shape index (κ3) is 2.68. The summed E-state index contributed by atoms with van der Waals surface area (Å²) in [5, 5.41) is 60.4. The Labute approximate surface area is 116 Å². The summed E-state index contributed by atoms with van der Waals surface area (Å²) in [5.41, 5.74) is -4.00. The Kier molecular flexibility index (Phi) is 5.35. The van der Waals surface area contributed by atoms with E-state index in [9.17, 15) is 0 Å². The maximum atomic E-state index is 8.86. The normalized spacial score (nSPS) is 13.6. The summed E-state index contributed by atoms with van der Waals surface area (Å²) in [6, 6.07) is 7.12. The molecule has 0 aliphatic carbocycles. The van der Waals surface area contributed by atoms with Crippen LogP contribution in [0, 0.1) is 78.8 Å². The van der Waals surface area contributed by atoms with Crippen LogP contribution in [0.3, 0.4) is 0 Å². The monoisotopic (exact) mass is 264 g/mol. The van der Waals surface area contributed by atoms with Gasteiger partial charge in [0.15, 0.2) is 0 Å². The Morgan fingerprint density at radius 2 is 0.800 bits per heavy atom. The number of hydrogen-bond acceptors (Lipinski definition) is 8. The molecule has 0 aromatic rings. The number of rotatable bonds is 4. The van der Waals surface area contributed by atoms with E-state index in [4.69, 9.17) is 31.6 Å². The van der Waals surface area contributed by atoms with Crippen molar-refractivity contribution in [2.75, 3.05) is 0 Å². The Balaban J connectivity index is 5.41. The lowest BCUT2D eigenvalue weighted by Gasteiger charge is -2.16. The molecule has 96 valence electrons. The predicted octanol–water partition coefficient (Wildman–Crippen LogP) is 1.33. The third-order valence-electron chi connectivity index (χ3n) is 2.72. The van der Waals surface area contributed by atoms with Crippen molar-refractivity contribution in [2.45, 2.75) is 25.9 Å². The Bertz CT molecular complexity index is 518. The molecule has 0 aliphatic rings. The summed E-state index contributed by atoms with van der Waals surface area (Å²) in [5.74, 6) is 0. The van der Waals surface area contributed by atoms with Crippen LogP contribution in [-0.4, -0.2) is 12.1 Å². The van der Waals surface area contributed by atoms with Gasteiger partial charge in [0.2, 0.25) is 0 Å². The third-order valence-corrected chi connectivity index (χ3v) is 2.72. The Hall–Kier alpha value is -3.46. The van der Waals surface area contributed by atoms with Crippen LogP contribution in [0.5, 0.6) is 0 Å². The molecule has 0 aromatic carbocycles. The summed E-state index contributed by atoms with van der Waals surface area (Å²) in [7, 11) is 0. The molecule has 0 aromatic heterocycles. The van der Waals surface area contributed by atoms with Gasteiger partial charge in [0, 0.05) is 0 Å². The molecule has 0 rings (SSSR count). The van der Waals surface area contributed by atoms with Gasteiger partial charge in [-0.3, -0.25) is 0 Å². The topological polar surface area (TPSA) is 167 Å². The van der Waals surface area contributed by atoms with Gasteiger partial charge in [-0.2, -0.15) is 41.8 Å². The first kappa shape index (κ1) is 16.5. The van der Waals surface area contributed by atoms with Crippen LogP contribution in [0.2, 0.25) is 0 Å². The first-order valence-corrected chi connectivity index (χ1v) is 5.29. The van der Waals surface area contributed by atoms with Crippen molar-refractivity contribution in [1.82, 2.24) is 0 Å². The summed E-state index contributed by atoms with van der Waals surface area (Å²) < 4.78 is 0. The highest BCUT2D eigenvalue weighted by atomic mass is 15.1. The minimum atomic E-state index is -2.00. The van der Waals surface area contributed by atoms with E-state index in [0.29, 0.717) is 0 Å². The largest absolute Gasteiger partial charge is 0.252 e. The van der Waals surface area contributed by atoms with Gasteiger partial charge in [-0.25, -0.2) is 0 Å². The second kappa shape index (κ2) is 6.47. The van der Waals surface area contributed by atoms with Crippen LogP contribution in [-0.2, 0) is 0 Å². The van der Waals surface area contributed by atoms with Crippen molar-refractivity contribution < 1.29 is 0 Å². The van der Waals surface area contributed by atoms with Crippen molar-refractivity contribution in [3.05, 3.63) is 0 Å². The lowest BCUT2D eigenvalue weighted by Crippen LogP contribution is -2.29. The van der Waals surface area contributed by atoms with E-state index in [-0.39, 0.29) is 0 Å². The van der Waals surface area contributed by atoms with Crippen molar-refractivity contribution in [2.24, 2.45) is 21.1 Å². The van der Waals surface area contributed by atoms with Gasteiger partial charge in [-0.1, -0.05) is 0 Å². The predicted molar refractivity (Wildman–Crippen MR) is 62.3 cm³/mol. The van der Waals surface area contributed by atoms with E-state index in [1.54, 1.807) is 36.4 Å². The molecule has 0 amide bonds. The molecule has 8 nitrogen and oxygen atoms in total. The van der Waals surface area contributed by atoms with E-state index in [1.165, 1.54) is 13.8 Å². The molecule has 0 bridgehead atoms. The zero-order chi connectivity index (χ0) is 15.8. The molecule has 2 atom stereocenters. The van der Waals surface area contributed by atoms with Crippen molar-refractivity contribution >= 4 is 0 Å². The average molecular weight is 264 g/mol. The minimum Gasteiger partial charge on any atom is -0.195 e. The molecule has 0 spiro atoms. The van der Waals surface area contributed by atoms with Gasteiger partial charge in [0.25, 0.3) is 10.8 Å². The van der Waals surface area contributed by atoms with Crippen molar-refractivity contribution in [3.63, 3.8) is 0 Å². The van der Waals surface area contributed by atoms with Crippen LogP contribution in [0.25, 0.3) is 0 Å². The molecule has 0 fully saturated rings. The molecule has 2 unspecified atom stereocenters. The van der Waals surface area contributed by atoms with Gasteiger partial charge in [-0.05, 0) is 13.8 Å². The number of hydrogen-bond donors (Lipinski definition) is 0. The van der Waals surface area contributed by atoms with Crippen LogP contribution in [0.1, 0.15) is 13.8 Å². The Morgan fingerprint density at radius 3 is 0.950 bits per heavy atom. The van der Waals surface area contributed by atoms with E-state index in [0.717, 1.165) is 0 Å². The molecule has 0 saturated heterocycles. The van der Waals surface area contributed by atoms with Gasteiger partial charge in [0.05, 0.1) is 0 Å². The highest BCUT2D eigenvalue weighted by Crippen LogP contribution is 2.26. The van der Waals surface area contributed by atoms with E-state index in [1.807, 2.05) is 0 Å². The first-order valence-electron chi connectivity index (χ1n) is 5.29. The zero-order valence-corrected chi connectivity index (χ0v) is 10.7. The fourth-order valence-electron chi connectivity index (χ4n) is 1.08. The molecule has 0 aliphatic heterocycles. The Morgan fingerprint density at radius 1 is 0.600 bits per heavy atom. The second-order valence-corrected chi connectivity index (χ2v) is 3.87. The number of nitrogens with zero attached hydrogens (tertiary/aromatic N) is 8. The standard InChI is InChI=1S/C12H8N8/c1-9(11(3-13,4-14)5-15)19-20-10(2)12(6-16,7-17)8-18/h9-10H,1-2H3. The quantitative estimate of drug-likeness (QED) is 0.693. The summed E-state index contributed by atoms with van der Waals surface area (Å²) >= 11 is 0. The molecule has 20 heavy (non-hydrogen) atoms. The molecule has 0 heterocycles. The lowest BCUT2D eigenvalue weighted by atomic mass is 9.86. The molecule has 0 saturated carbocycles. The van der Waals surface area contributed by atoms with Gasteiger partial charge < -0.3 is 0 Å². The van der Waals surface area contributed by atoms with Crippen molar-refractivity contribution in [3.8, 4) is 36.4 Å².